The molecule has 0 nitrogen and oxygen atoms in total. The third kappa shape index (κ3) is 4.33. The first-order valence-electron chi connectivity index (χ1n) is 5.68. The van der Waals surface area contributed by atoms with Gasteiger partial charge in [0.1, 0.15) is 0 Å². The van der Waals surface area contributed by atoms with Crippen LogP contribution >= 0.6 is 0 Å². The molecule has 0 amide bonds. The SMILES string of the molecule is CC(C)c1ccc(/C=C/C(C)(C)C)cc1. The summed E-state index contributed by atoms with van der Waals surface area (Å²) in [6.07, 6.45) is 4.45. The zero-order valence-electron chi connectivity index (χ0n) is 10.5. The molecule has 1 aromatic rings. The van der Waals surface area contributed by atoms with E-state index in [-0.39, 0.29) is 5.41 Å². The molecule has 0 heterocycles. The minimum Gasteiger partial charge on any atom is -0.0785 e. The lowest BCUT2D eigenvalue weighted by Crippen LogP contribution is -1.97. The lowest BCUT2D eigenvalue weighted by Gasteiger charge is -2.11. The summed E-state index contributed by atoms with van der Waals surface area (Å²) in [7, 11) is 0. The zero-order chi connectivity index (χ0) is 11.5. The van der Waals surface area contributed by atoms with Gasteiger partial charge in [0.05, 0.1) is 0 Å². The van der Waals surface area contributed by atoms with Crippen LogP contribution in [0, 0.1) is 5.41 Å². The fourth-order valence-electron chi connectivity index (χ4n) is 1.34. The minimum atomic E-state index is 0.261. The van der Waals surface area contributed by atoms with Gasteiger partial charge in [-0.1, -0.05) is 71.0 Å². The number of hydrogen-bond donors (Lipinski definition) is 0. The Balaban J connectivity index is 2.77. The summed E-state index contributed by atoms with van der Waals surface area (Å²) in [5.74, 6) is 0.616. The van der Waals surface area contributed by atoms with Crippen LogP contribution in [0.15, 0.2) is 30.3 Å². The number of hydrogen-bond acceptors (Lipinski definition) is 0. The lowest BCUT2D eigenvalue weighted by molar-refractivity contribution is 0.547. The molecule has 0 N–H and O–H groups in total. The molecule has 0 aliphatic carbocycles. The highest BCUT2D eigenvalue weighted by molar-refractivity contribution is 5.50. The van der Waals surface area contributed by atoms with Gasteiger partial charge in [0.2, 0.25) is 0 Å². The standard InChI is InChI=1S/C15H22/c1-12(2)14-8-6-13(7-9-14)10-11-15(3,4)5/h6-12H,1-5H3/b11-10+. The van der Waals surface area contributed by atoms with E-state index in [0.717, 1.165) is 0 Å². The summed E-state index contributed by atoms with van der Waals surface area (Å²) in [6, 6.07) is 8.81. The second kappa shape index (κ2) is 4.65. The van der Waals surface area contributed by atoms with Crippen molar-refractivity contribution in [2.45, 2.75) is 40.5 Å². The summed E-state index contributed by atoms with van der Waals surface area (Å²) < 4.78 is 0. The van der Waals surface area contributed by atoms with Crippen LogP contribution in [0.1, 0.15) is 51.7 Å². The maximum Gasteiger partial charge on any atom is -0.0200 e. The molecule has 0 saturated carbocycles. The quantitative estimate of drug-likeness (QED) is 0.642. The van der Waals surface area contributed by atoms with Crippen LogP contribution in [0.25, 0.3) is 6.08 Å². The predicted octanol–water partition coefficient (Wildman–Crippen LogP) is 4.87. The topological polar surface area (TPSA) is 0 Å². The Morgan fingerprint density at radius 1 is 1.00 bits per heavy atom. The van der Waals surface area contributed by atoms with Gasteiger partial charge in [-0.15, -0.1) is 0 Å². The molecule has 82 valence electrons. The van der Waals surface area contributed by atoms with E-state index < -0.39 is 0 Å². The van der Waals surface area contributed by atoms with Crippen molar-refractivity contribution in [2.75, 3.05) is 0 Å². The second-order valence-electron chi connectivity index (χ2n) is 5.52. The van der Waals surface area contributed by atoms with E-state index in [1.54, 1.807) is 0 Å². The molecule has 0 fully saturated rings. The number of benzene rings is 1. The Labute approximate surface area is 94.0 Å². The summed E-state index contributed by atoms with van der Waals surface area (Å²) in [5.41, 5.74) is 2.95. The van der Waals surface area contributed by atoms with Gasteiger partial charge in [0, 0.05) is 0 Å². The summed E-state index contributed by atoms with van der Waals surface area (Å²) >= 11 is 0. The van der Waals surface area contributed by atoms with Crippen LogP contribution in [-0.2, 0) is 0 Å². The van der Waals surface area contributed by atoms with Crippen LogP contribution in [0.3, 0.4) is 0 Å². The molecule has 0 bridgehead atoms. The molecular weight excluding hydrogens is 180 g/mol. The average Bonchev–Trinajstić information content (AvgIpc) is 2.14. The molecule has 0 aromatic heterocycles. The van der Waals surface area contributed by atoms with Gasteiger partial charge in [-0.05, 0) is 22.5 Å². The van der Waals surface area contributed by atoms with Crippen LogP contribution in [-0.4, -0.2) is 0 Å². The highest BCUT2D eigenvalue weighted by atomic mass is 14.1. The van der Waals surface area contributed by atoms with Gasteiger partial charge in [-0.25, -0.2) is 0 Å². The van der Waals surface area contributed by atoms with E-state index in [1.807, 2.05) is 0 Å². The highest BCUT2D eigenvalue weighted by Crippen LogP contribution is 2.19. The van der Waals surface area contributed by atoms with E-state index in [4.69, 9.17) is 0 Å². The van der Waals surface area contributed by atoms with Crippen LogP contribution in [0.4, 0.5) is 0 Å². The van der Waals surface area contributed by atoms with Crippen molar-refractivity contribution in [1.29, 1.82) is 0 Å². The molecule has 0 aliphatic heterocycles. The second-order valence-corrected chi connectivity index (χ2v) is 5.52. The number of allylic oxidation sites excluding steroid dienone is 1. The largest absolute Gasteiger partial charge is 0.0785 e. The van der Waals surface area contributed by atoms with Gasteiger partial charge in [0.15, 0.2) is 0 Å². The zero-order valence-corrected chi connectivity index (χ0v) is 10.5. The first-order chi connectivity index (χ1) is 6.88. The van der Waals surface area contributed by atoms with E-state index in [1.165, 1.54) is 11.1 Å². The maximum absolute atomic E-state index is 2.25. The molecule has 0 spiro atoms. The van der Waals surface area contributed by atoms with Crippen molar-refractivity contribution in [3.05, 3.63) is 41.5 Å². The summed E-state index contributed by atoms with van der Waals surface area (Å²) in [6.45, 7) is 11.1. The minimum absolute atomic E-state index is 0.261. The number of rotatable bonds is 2. The fourth-order valence-corrected chi connectivity index (χ4v) is 1.34. The molecule has 1 aromatic carbocycles. The van der Waals surface area contributed by atoms with E-state index in [9.17, 15) is 0 Å². The van der Waals surface area contributed by atoms with Gasteiger partial charge < -0.3 is 0 Å². The average molecular weight is 202 g/mol. The summed E-state index contributed by atoms with van der Waals surface area (Å²) in [4.78, 5) is 0. The van der Waals surface area contributed by atoms with Crippen molar-refractivity contribution in [1.82, 2.24) is 0 Å². The van der Waals surface area contributed by atoms with Crippen molar-refractivity contribution in [3.8, 4) is 0 Å². The molecule has 0 atom stereocenters. The Kier molecular flexibility index (Phi) is 3.73. The Morgan fingerprint density at radius 2 is 1.53 bits per heavy atom. The van der Waals surface area contributed by atoms with Crippen molar-refractivity contribution in [3.63, 3.8) is 0 Å². The third-order valence-electron chi connectivity index (χ3n) is 2.38. The predicted molar refractivity (Wildman–Crippen MR) is 69.0 cm³/mol. The van der Waals surface area contributed by atoms with Gasteiger partial charge in [-0.3, -0.25) is 0 Å². The smallest absolute Gasteiger partial charge is 0.0200 e. The van der Waals surface area contributed by atoms with Crippen molar-refractivity contribution < 1.29 is 0 Å². The Bertz CT molecular complexity index is 320. The van der Waals surface area contributed by atoms with Crippen molar-refractivity contribution in [2.24, 2.45) is 5.41 Å². The van der Waals surface area contributed by atoms with E-state index in [0.29, 0.717) is 5.92 Å². The Morgan fingerprint density at radius 3 is 1.93 bits per heavy atom. The molecule has 0 radical (unpaired) electrons. The lowest BCUT2D eigenvalue weighted by atomic mass is 9.95. The molecule has 15 heavy (non-hydrogen) atoms. The van der Waals surface area contributed by atoms with Crippen LogP contribution < -0.4 is 0 Å². The van der Waals surface area contributed by atoms with Gasteiger partial charge in [0.25, 0.3) is 0 Å². The molecule has 1 rings (SSSR count). The molecule has 0 unspecified atom stereocenters. The van der Waals surface area contributed by atoms with Gasteiger partial charge >= 0.3 is 0 Å². The van der Waals surface area contributed by atoms with Crippen molar-refractivity contribution >= 4 is 6.08 Å². The molecule has 0 saturated heterocycles. The fraction of sp³-hybridized carbons (Fsp3) is 0.467. The highest BCUT2D eigenvalue weighted by Gasteiger charge is 2.03. The first kappa shape index (κ1) is 12.0. The molecule has 0 heteroatoms. The van der Waals surface area contributed by atoms with Crippen LogP contribution in [0.5, 0.6) is 0 Å². The van der Waals surface area contributed by atoms with E-state index in [2.05, 4.69) is 71.0 Å². The van der Waals surface area contributed by atoms with Gasteiger partial charge in [-0.2, -0.15) is 0 Å². The molecule has 0 aliphatic rings. The normalized spacial score (nSPS) is 12.7. The monoisotopic (exact) mass is 202 g/mol. The van der Waals surface area contributed by atoms with Crippen LogP contribution in [0.2, 0.25) is 0 Å². The van der Waals surface area contributed by atoms with E-state index >= 15 is 0 Å². The first-order valence-corrected chi connectivity index (χ1v) is 5.68. The molecular formula is C15H22. The Hall–Kier alpha value is -1.04. The maximum atomic E-state index is 2.25. The summed E-state index contributed by atoms with van der Waals surface area (Å²) in [5, 5.41) is 0. The third-order valence-corrected chi connectivity index (χ3v) is 2.38.